The van der Waals surface area contributed by atoms with Crippen LogP contribution in [0.3, 0.4) is 0 Å². The highest BCUT2D eigenvalue weighted by Gasteiger charge is 2.62. The van der Waals surface area contributed by atoms with Gasteiger partial charge in [0, 0.05) is 36.4 Å². The quantitative estimate of drug-likeness (QED) is 0.659. The Balaban J connectivity index is 1.34. The molecule has 0 bridgehead atoms. The molecular formula is C26H30N6O. The summed E-state index contributed by atoms with van der Waals surface area (Å²) in [6, 6.07) is 10.9. The number of rotatable bonds is 3. The second kappa shape index (κ2) is 6.77. The molecule has 7 nitrogen and oxygen atoms in total. The first kappa shape index (κ1) is 20.6. The van der Waals surface area contributed by atoms with E-state index in [-0.39, 0.29) is 17.3 Å². The van der Waals surface area contributed by atoms with Gasteiger partial charge in [-0.1, -0.05) is 26.0 Å². The maximum Gasteiger partial charge on any atom is 0.159 e. The summed E-state index contributed by atoms with van der Waals surface area (Å²) >= 11 is 0. The van der Waals surface area contributed by atoms with Crippen molar-refractivity contribution in [1.29, 1.82) is 5.26 Å². The van der Waals surface area contributed by atoms with Crippen LogP contribution in [0.4, 0.5) is 5.82 Å². The summed E-state index contributed by atoms with van der Waals surface area (Å²) in [4.78, 5) is 11.3. The second-order valence-electron chi connectivity index (χ2n) is 11.0. The number of hydrogen-bond acceptors (Lipinski definition) is 6. The fourth-order valence-corrected chi connectivity index (χ4v) is 6.01. The Morgan fingerprint density at radius 3 is 2.42 bits per heavy atom. The van der Waals surface area contributed by atoms with Crippen molar-refractivity contribution >= 4 is 16.7 Å². The van der Waals surface area contributed by atoms with Crippen LogP contribution in [0.2, 0.25) is 0 Å². The Morgan fingerprint density at radius 1 is 1.06 bits per heavy atom. The molecule has 1 saturated heterocycles. The van der Waals surface area contributed by atoms with Gasteiger partial charge in [-0.05, 0) is 49.7 Å². The third-order valence-corrected chi connectivity index (χ3v) is 8.81. The molecule has 6 rings (SSSR count). The van der Waals surface area contributed by atoms with Crippen LogP contribution in [-0.4, -0.2) is 43.5 Å². The van der Waals surface area contributed by atoms with Gasteiger partial charge in [0.2, 0.25) is 0 Å². The molecule has 3 fully saturated rings. The fraction of sp³-hybridized carbons (Fsp3) is 0.538. The third-order valence-electron chi connectivity index (χ3n) is 8.81. The Labute approximate surface area is 194 Å². The average molecular weight is 443 g/mol. The molecule has 3 aromatic rings. The minimum Gasteiger partial charge on any atom is -0.389 e. The number of nitrogens with zero attached hydrogens (tertiary/aromatic N) is 6. The van der Waals surface area contributed by atoms with Gasteiger partial charge in [0.1, 0.15) is 12.1 Å². The summed E-state index contributed by atoms with van der Waals surface area (Å²) in [5.74, 6) is 1.82. The molecule has 3 atom stereocenters. The summed E-state index contributed by atoms with van der Waals surface area (Å²) in [5, 5.41) is 26.4. The molecule has 1 unspecified atom stereocenters. The minimum atomic E-state index is -0.682. The molecule has 7 heteroatoms. The highest BCUT2D eigenvalue weighted by molar-refractivity contribution is 5.81. The lowest BCUT2D eigenvalue weighted by Crippen LogP contribution is -2.55. The molecular weight excluding hydrogens is 412 g/mol. The SMILES string of the molecule is C[C@@H]1CN(c2cc(-n3ncc4ccc(C5(C#N)CC6(CC6)C5)cc43)ncn2)C[C@H](C)C1(C)O. The predicted molar refractivity (Wildman–Crippen MR) is 126 cm³/mol. The number of nitriles is 1. The van der Waals surface area contributed by atoms with Crippen LogP contribution in [0.15, 0.2) is 36.8 Å². The number of hydrogen-bond donors (Lipinski definition) is 1. The molecule has 3 heterocycles. The van der Waals surface area contributed by atoms with Crippen molar-refractivity contribution in [3.63, 3.8) is 0 Å². The maximum atomic E-state index is 10.8. The van der Waals surface area contributed by atoms with Crippen LogP contribution >= 0.6 is 0 Å². The van der Waals surface area contributed by atoms with Crippen molar-refractivity contribution in [1.82, 2.24) is 19.7 Å². The molecule has 1 spiro atoms. The first-order valence-electron chi connectivity index (χ1n) is 11.9. The lowest BCUT2D eigenvalue weighted by Gasteiger charge is -2.46. The van der Waals surface area contributed by atoms with E-state index in [2.05, 4.69) is 58.1 Å². The van der Waals surface area contributed by atoms with Crippen LogP contribution < -0.4 is 4.90 Å². The largest absolute Gasteiger partial charge is 0.389 e. The van der Waals surface area contributed by atoms with Crippen molar-refractivity contribution in [3.05, 3.63) is 42.4 Å². The van der Waals surface area contributed by atoms with Gasteiger partial charge in [0.25, 0.3) is 0 Å². The Morgan fingerprint density at radius 2 is 1.76 bits per heavy atom. The number of aromatic nitrogens is 4. The van der Waals surface area contributed by atoms with Crippen LogP contribution in [-0.2, 0) is 5.41 Å². The topological polar surface area (TPSA) is 90.9 Å². The lowest BCUT2D eigenvalue weighted by molar-refractivity contribution is -0.0504. The van der Waals surface area contributed by atoms with Crippen molar-refractivity contribution < 1.29 is 5.11 Å². The van der Waals surface area contributed by atoms with Crippen molar-refractivity contribution in [2.75, 3.05) is 18.0 Å². The van der Waals surface area contributed by atoms with Crippen LogP contribution in [0.1, 0.15) is 52.0 Å². The standard InChI is InChI=1S/C26H30N6O/c1-17-11-31(12-18(2)24(17,3)33)22-9-23(29-16-28-22)32-21-8-20(5-4-19(21)10-30-32)26(15-27)13-25(14-26)6-7-25/h4-5,8-10,16-18,33H,6-7,11-14H2,1-3H3/t17-,18+,24?. The van der Waals surface area contributed by atoms with Gasteiger partial charge in [-0.2, -0.15) is 10.4 Å². The van der Waals surface area contributed by atoms with Gasteiger partial charge in [0.15, 0.2) is 5.82 Å². The van der Waals surface area contributed by atoms with E-state index in [1.54, 1.807) is 6.33 Å². The smallest absolute Gasteiger partial charge is 0.159 e. The third kappa shape index (κ3) is 3.07. The molecule has 0 amide bonds. The first-order chi connectivity index (χ1) is 15.8. The summed E-state index contributed by atoms with van der Waals surface area (Å²) < 4.78 is 1.85. The first-order valence-corrected chi connectivity index (χ1v) is 11.9. The molecule has 33 heavy (non-hydrogen) atoms. The highest BCUT2D eigenvalue weighted by atomic mass is 16.3. The zero-order valence-corrected chi connectivity index (χ0v) is 19.5. The van der Waals surface area contributed by atoms with E-state index < -0.39 is 5.60 Å². The van der Waals surface area contributed by atoms with Crippen molar-refractivity contribution in [3.8, 4) is 11.9 Å². The van der Waals surface area contributed by atoms with Gasteiger partial charge < -0.3 is 10.0 Å². The van der Waals surface area contributed by atoms with E-state index in [1.807, 2.05) is 23.9 Å². The van der Waals surface area contributed by atoms with Gasteiger partial charge in [-0.25, -0.2) is 14.6 Å². The van der Waals surface area contributed by atoms with Gasteiger partial charge in [-0.3, -0.25) is 0 Å². The van der Waals surface area contributed by atoms with Gasteiger partial charge in [0.05, 0.1) is 28.8 Å². The van der Waals surface area contributed by atoms with Crippen LogP contribution in [0, 0.1) is 28.6 Å². The molecule has 1 N–H and O–H groups in total. The molecule has 2 aromatic heterocycles. The summed E-state index contributed by atoms with van der Waals surface area (Å²) in [6.07, 6.45) is 7.92. The predicted octanol–water partition coefficient (Wildman–Crippen LogP) is 3.99. The molecule has 2 aliphatic carbocycles. The lowest BCUT2D eigenvalue weighted by atomic mass is 9.57. The molecule has 3 aliphatic rings. The zero-order chi connectivity index (χ0) is 23.0. The second-order valence-corrected chi connectivity index (χ2v) is 11.0. The average Bonchev–Trinajstić information content (AvgIpc) is 3.46. The fourth-order valence-electron chi connectivity index (χ4n) is 6.01. The monoisotopic (exact) mass is 442 g/mol. The Kier molecular flexibility index (Phi) is 4.23. The summed E-state index contributed by atoms with van der Waals surface area (Å²) in [5.41, 5.74) is 1.45. The number of fused-ring (bicyclic) bond motifs is 1. The molecule has 1 aromatic carbocycles. The van der Waals surface area contributed by atoms with E-state index in [9.17, 15) is 10.4 Å². The maximum absolute atomic E-state index is 10.8. The van der Waals surface area contributed by atoms with E-state index >= 15 is 0 Å². The van der Waals surface area contributed by atoms with E-state index in [0.717, 1.165) is 48.2 Å². The Hall–Kier alpha value is -2.98. The molecule has 0 radical (unpaired) electrons. The molecule has 2 saturated carbocycles. The number of aliphatic hydroxyl groups is 1. The normalized spacial score (nSPS) is 29.6. The van der Waals surface area contributed by atoms with Gasteiger partial charge >= 0.3 is 0 Å². The van der Waals surface area contributed by atoms with E-state index in [1.165, 1.54) is 12.8 Å². The number of piperidine rings is 1. The van der Waals surface area contributed by atoms with Crippen molar-refractivity contribution in [2.45, 2.75) is 57.5 Å². The summed E-state index contributed by atoms with van der Waals surface area (Å²) in [7, 11) is 0. The minimum absolute atomic E-state index is 0.132. The van der Waals surface area contributed by atoms with Crippen molar-refractivity contribution in [2.24, 2.45) is 17.3 Å². The van der Waals surface area contributed by atoms with E-state index in [0.29, 0.717) is 11.2 Å². The van der Waals surface area contributed by atoms with Crippen LogP contribution in [0.5, 0.6) is 0 Å². The molecule has 170 valence electrons. The van der Waals surface area contributed by atoms with Gasteiger partial charge in [-0.15, -0.1) is 0 Å². The number of benzene rings is 1. The van der Waals surface area contributed by atoms with Crippen LogP contribution in [0.25, 0.3) is 16.7 Å². The molecule has 1 aliphatic heterocycles. The summed E-state index contributed by atoms with van der Waals surface area (Å²) in [6.45, 7) is 7.59. The zero-order valence-electron chi connectivity index (χ0n) is 19.5. The number of anilines is 1. The highest BCUT2D eigenvalue weighted by Crippen LogP contribution is 2.68. The van der Waals surface area contributed by atoms with E-state index in [4.69, 9.17) is 0 Å². The Bertz CT molecular complexity index is 1260.